The molecule has 0 aromatic carbocycles. The number of anilines is 4. The van der Waals surface area contributed by atoms with Crippen LogP contribution in [0.5, 0.6) is 0 Å². The minimum Gasteiger partial charge on any atom is -0.326 e. The van der Waals surface area contributed by atoms with E-state index in [9.17, 15) is 19.2 Å². The summed E-state index contributed by atoms with van der Waals surface area (Å²) in [7, 11) is 0. The van der Waals surface area contributed by atoms with Crippen LogP contribution in [0, 0.1) is 0 Å². The Labute approximate surface area is 311 Å². The smallest absolute Gasteiger partial charge is 0.221 e. The molecule has 0 aliphatic carbocycles. The second-order valence-corrected chi connectivity index (χ2v) is 11.7. The predicted molar refractivity (Wildman–Crippen MR) is 212 cm³/mol. The van der Waals surface area contributed by atoms with Gasteiger partial charge in [-0.1, -0.05) is 0 Å². The highest BCUT2D eigenvalue weighted by Crippen LogP contribution is 2.22. The topological polar surface area (TPSA) is 194 Å². The van der Waals surface area contributed by atoms with E-state index in [0.717, 1.165) is 0 Å². The fourth-order valence-corrected chi connectivity index (χ4v) is 4.92. The molecule has 4 amide bonds. The summed E-state index contributed by atoms with van der Waals surface area (Å²) < 4.78 is 0. The molecule has 0 spiro atoms. The summed E-state index contributed by atoms with van der Waals surface area (Å²) in [5.41, 5.74) is 6.48. The van der Waals surface area contributed by atoms with E-state index in [0.29, 0.717) is 68.3 Å². The van der Waals surface area contributed by atoms with E-state index in [1.54, 1.807) is 122 Å². The first kappa shape index (κ1) is 37.8. The van der Waals surface area contributed by atoms with Crippen LogP contribution in [0.2, 0.25) is 0 Å². The molecule has 0 radical (unpaired) electrons. The maximum atomic E-state index is 11.7. The van der Waals surface area contributed by atoms with Crippen LogP contribution < -0.4 is 21.3 Å². The van der Waals surface area contributed by atoms with Gasteiger partial charge in [0.15, 0.2) is 0 Å². The number of nitrogens with one attached hydrogen (secondary N) is 4. The first-order chi connectivity index (χ1) is 26.0. The Balaban J connectivity index is 1.63. The second kappa shape index (κ2) is 18.1. The summed E-state index contributed by atoms with van der Waals surface area (Å²) in [6, 6.07) is 13.7. The van der Waals surface area contributed by atoms with Crippen molar-refractivity contribution in [3.8, 4) is 0 Å². The molecule has 5 aromatic rings. The number of aromatic nitrogens is 6. The van der Waals surface area contributed by atoms with E-state index >= 15 is 0 Å². The van der Waals surface area contributed by atoms with E-state index in [2.05, 4.69) is 41.2 Å². The summed E-state index contributed by atoms with van der Waals surface area (Å²) >= 11 is 0. The van der Waals surface area contributed by atoms with Gasteiger partial charge in [0.1, 0.15) is 0 Å². The van der Waals surface area contributed by atoms with Crippen molar-refractivity contribution in [2.24, 2.45) is 0 Å². The lowest BCUT2D eigenvalue weighted by Gasteiger charge is -2.08. The van der Waals surface area contributed by atoms with Crippen molar-refractivity contribution >= 4 is 95.0 Å². The molecule has 0 fully saturated rings. The molecule has 0 bridgehead atoms. The number of amides is 4. The molecule has 0 aliphatic rings. The van der Waals surface area contributed by atoms with Gasteiger partial charge in [0.2, 0.25) is 23.6 Å². The zero-order valence-electron chi connectivity index (χ0n) is 29.9. The third-order valence-corrected chi connectivity index (χ3v) is 7.06. The van der Waals surface area contributed by atoms with Crippen molar-refractivity contribution in [2.45, 2.75) is 27.7 Å². The highest BCUT2D eigenvalue weighted by Gasteiger charge is 2.10. The van der Waals surface area contributed by atoms with Crippen molar-refractivity contribution in [1.29, 1.82) is 0 Å². The monoisotopic (exact) mass is 720 g/mol. The molecule has 54 heavy (non-hydrogen) atoms. The summed E-state index contributed by atoms with van der Waals surface area (Å²) in [5, 5.41) is 11.0. The minimum absolute atomic E-state index is 0.209. The van der Waals surface area contributed by atoms with Crippen LogP contribution in [-0.4, -0.2) is 53.5 Å². The zero-order chi connectivity index (χ0) is 38.5. The normalized spacial score (nSPS) is 11.3. The van der Waals surface area contributed by atoms with Crippen LogP contribution in [0.25, 0.3) is 48.6 Å². The van der Waals surface area contributed by atoms with E-state index < -0.39 is 0 Å². The van der Waals surface area contributed by atoms with Gasteiger partial charge in [0.25, 0.3) is 0 Å². The minimum atomic E-state index is -0.209. The predicted octanol–water partition coefficient (Wildman–Crippen LogP) is 6.57. The number of hydrogen-bond acceptors (Lipinski definition) is 10. The molecule has 14 nitrogen and oxygen atoms in total. The molecule has 0 atom stereocenters. The third kappa shape index (κ3) is 11.8. The molecule has 270 valence electrons. The van der Waals surface area contributed by atoms with E-state index in [-0.39, 0.29) is 23.6 Å². The fraction of sp³-hybridized carbons (Fsp3) is 0.100. The quantitative estimate of drug-likeness (QED) is 0.109. The van der Waals surface area contributed by atoms with Crippen molar-refractivity contribution in [2.75, 3.05) is 21.3 Å². The van der Waals surface area contributed by atoms with Crippen LogP contribution in [-0.2, 0) is 19.2 Å². The van der Waals surface area contributed by atoms with Gasteiger partial charge in [-0.15, -0.1) is 0 Å². The lowest BCUT2D eigenvalue weighted by atomic mass is 10.1. The fourth-order valence-electron chi connectivity index (χ4n) is 4.92. The lowest BCUT2D eigenvalue weighted by molar-refractivity contribution is -0.115. The van der Waals surface area contributed by atoms with Gasteiger partial charge in [-0.25, -0.2) is 9.97 Å². The van der Waals surface area contributed by atoms with Crippen molar-refractivity contribution in [3.63, 3.8) is 0 Å². The molecule has 0 saturated carbocycles. The average Bonchev–Trinajstić information content (AvgIpc) is 3.11. The zero-order valence-corrected chi connectivity index (χ0v) is 29.9. The standard InChI is InChI=1S/C40H36N10O4/c1-25(51)45-33-13-17-41-29(21-33)5-9-37-38(10-6-30-22-34(14-18-42-30)46-26(2)52)50-40(12-8-32-24-36(16-20-44-32)48-28(4)54)39(49-37)11-7-31-23-35(15-19-43-31)47-27(3)53/h5-24H,1-4H3,(H,41,45,51)(H,42,46,52)(H,43,47,53)(H,44,48,54)/b9-5+,10-6+,11-7+,12-8+. The van der Waals surface area contributed by atoms with E-state index in [1.165, 1.54) is 27.7 Å². The Kier molecular flexibility index (Phi) is 12.7. The van der Waals surface area contributed by atoms with Gasteiger partial charge in [-0.05, 0) is 97.1 Å². The number of carbonyl (C=O) groups is 4. The lowest BCUT2D eigenvalue weighted by Crippen LogP contribution is -2.06. The molecule has 5 rings (SSSR count). The van der Waals surface area contributed by atoms with Crippen molar-refractivity contribution < 1.29 is 19.2 Å². The SMILES string of the molecule is CC(=O)Nc1ccnc(/C=C/c2nc(/C=C/c3cc(NC(C)=O)ccn3)c(/C=C/c3cc(NC(C)=O)ccn3)nc2/C=C/c2cc(NC(C)=O)ccn2)c1. The molecular formula is C40H36N10O4. The Morgan fingerprint density at radius 1 is 0.389 bits per heavy atom. The maximum Gasteiger partial charge on any atom is 0.221 e. The number of hydrogen-bond donors (Lipinski definition) is 4. The molecule has 4 N–H and O–H groups in total. The highest BCUT2D eigenvalue weighted by molar-refractivity contribution is 5.91. The van der Waals surface area contributed by atoms with E-state index in [4.69, 9.17) is 9.97 Å². The summed E-state index contributed by atoms with van der Waals surface area (Å²) in [6.07, 6.45) is 20.4. The molecule has 5 aromatic heterocycles. The summed E-state index contributed by atoms with van der Waals surface area (Å²) in [6.45, 7) is 5.71. The number of rotatable bonds is 12. The molecule has 0 saturated heterocycles. The van der Waals surface area contributed by atoms with Gasteiger partial charge in [-0.2, -0.15) is 0 Å². The van der Waals surface area contributed by atoms with Crippen LogP contribution in [0.4, 0.5) is 22.7 Å². The van der Waals surface area contributed by atoms with Crippen LogP contribution in [0.15, 0.2) is 73.3 Å². The number of nitrogens with zero attached hydrogens (tertiary/aromatic N) is 6. The molecule has 0 unspecified atom stereocenters. The Bertz CT molecular complexity index is 2010. The Morgan fingerprint density at radius 2 is 0.611 bits per heavy atom. The van der Waals surface area contributed by atoms with Gasteiger partial charge >= 0.3 is 0 Å². The average molecular weight is 721 g/mol. The molecule has 14 heteroatoms. The van der Waals surface area contributed by atoms with Gasteiger partial charge < -0.3 is 21.3 Å². The molecule has 5 heterocycles. The highest BCUT2D eigenvalue weighted by atomic mass is 16.2. The molecular weight excluding hydrogens is 685 g/mol. The van der Waals surface area contributed by atoms with Crippen LogP contribution >= 0.6 is 0 Å². The molecule has 0 aliphatic heterocycles. The first-order valence-corrected chi connectivity index (χ1v) is 16.6. The number of carbonyl (C=O) groups excluding carboxylic acids is 4. The summed E-state index contributed by atoms with van der Waals surface area (Å²) in [5.74, 6) is -0.834. The van der Waals surface area contributed by atoms with Crippen molar-refractivity contribution in [1.82, 2.24) is 29.9 Å². The van der Waals surface area contributed by atoms with Crippen molar-refractivity contribution in [3.05, 3.63) is 119 Å². The second-order valence-electron chi connectivity index (χ2n) is 11.7. The van der Waals surface area contributed by atoms with Gasteiger partial charge in [-0.3, -0.25) is 39.1 Å². The van der Waals surface area contributed by atoms with Crippen LogP contribution in [0.3, 0.4) is 0 Å². The largest absolute Gasteiger partial charge is 0.326 e. The third-order valence-electron chi connectivity index (χ3n) is 7.06. The van der Waals surface area contributed by atoms with Crippen LogP contribution in [0.1, 0.15) is 73.2 Å². The number of pyridine rings is 4. The Morgan fingerprint density at radius 3 is 0.815 bits per heavy atom. The maximum absolute atomic E-state index is 11.7. The van der Waals surface area contributed by atoms with Gasteiger partial charge in [0.05, 0.1) is 45.6 Å². The van der Waals surface area contributed by atoms with E-state index in [1.807, 2.05) is 0 Å². The summed E-state index contributed by atoms with van der Waals surface area (Å²) in [4.78, 5) is 74.2. The van der Waals surface area contributed by atoms with Gasteiger partial charge in [0, 0.05) is 75.2 Å². The first-order valence-electron chi connectivity index (χ1n) is 16.6. The Hall–Kier alpha value is -7.48.